The summed E-state index contributed by atoms with van der Waals surface area (Å²) in [7, 11) is 0. The Morgan fingerprint density at radius 1 is 0.402 bits per heavy atom. The van der Waals surface area contributed by atoms with Crippen molar-refractivity contribution in [2.75, 3.05) is 26.4 Å². The Labute approximate surface area is 550 Å². The number of nitrogens with one attached hydrogen (secondary N) is 1. The van der Waals surface area contributed by atoms with E-state index in [1.54, 1.807) is 6.08 Å². The number of carbonyl (C=O) groups excluding carboxylic acids is 1. The molecule has 524 valence electrons. The molecule has 12 N–H and O–H groups in total. The highest BCUT2D eigenvalue weighted by atomic mass is 16.8. The molecule has 3 aliphatic heterocycles. The number of unbranched alkanes of at least 4 members (excludes halogenated alkanes) is 14. The van der Waals surface area contributed by atoms with Gasteiger partial charge in [0.1, 0.15) is 73.2 Å². The summed E-state index contributed by atoms with van der Waals surface area (Å²) in [6.45, 7) is 1.55. The third-order valence-electron chi connectivity index (χ3n) is 16.2. The van der Waals surface area contributed by atoms with Gasteiger partial charge in [0.25, 0.3) is 0 Å². The molecule has 3 saturated heterocycles. The van der Waals surface area contributed by atoms with E-state index in [4.69, 9.17) is 28.4 Å². The molecule has 19 heteroatoms. The Morgan fingerprint density at radius 3 is 1.17 bits per heavy atom. The van der Waals surface area contributed by atoms with Gasteiger partial charge in [-0.05, 0) is 96.3 Å². The summed E-state index contributed by atoms with van der Waals surface area (Å²) in [5, 5.41) is 120. The lowest BCUT2D eigenvalue weighted by atomic mass is 9.96. The SMILES string of the molecule is CC/C=C\C/C=C\C/C=C\C/C=C\C/C=C\C/C=C\C/C=C\C/C=C\C/C=C\C/C=C\CCCCCCC(=O)NC(COC1OC(CO)C(OC2OC(CO)C(OC3OC(CO)C(O)C(O)C3O)C(O)C2O)C(O)C1O)C(O)/C=C/CCCCCCCCCCCC. The third kappa shape index (κ3) is 34.6. The second kappa shape index (κ2) is 53.1. The van der Waals surface area contributed by atoms with E-state index >= 15 is 0 Å². The largest absolute Gasteiger partial charge is 0.394 e. The van der Waals surface area contributed by atoms with E-state index in [0.717, 1.165) is 116 Å². The van der Waals surface area contributed by atoms with Crippen LogP contribution in [0.1, 0.15) is 187 Å². The van der Waals surface area contributed by atoms with Crippen LogP contribution in [0.3, 0.4) is 0 Å². The third-order valence-corrected chi connectivity index (χ3v) is 16.2. The van der Waals surface area contributed by atoms with Crippen LogP contribution in [0.4, 0.5) is 0 Å². The van der Waals surface area contributed by atoms with Crippen LogP contribution in [0, 0.1) is 0 Å². The molecule has 0 aromatic carbocycles. The monoisotopic (exact) mass is 1300 g/mol. The maximum absolute atomic E-state index is 13.4. The number of hydrogen-bond donors (Lipinski definition) is 12. The Hall–Kier alpha value is -4.07. The van der Waals surface area contributed by atoms with Crippen molar-refractivity contribution >= 4 is 5.91 Å². The smallest absolute Gasteiger partial charge is 0.220 e. The minimum Gasteiger partial charge on any atom is -0.394 e. The van der Waals surface area contributed by atoms with Gasteiger partial charge in [-0.3, -0.25) is 4.79 Å². The van der Waals surface area contributed by atoms with Crippen LogP contribution in [0.5, 0.6) is 0 Å². The number of ether oxygens (including phenoxy) is 6. The molecule has 3 aliphatic rings. The number of aliphatic hydroxyl groups is 11. The highest BCUT2D eigenvalue weighted by molar-refractivity contribution is 5.76. The summed E-state index contributed by atoms with van der Waals surface area (Å²) in [4.78, 5) is 13.4. The lowest BCUT2D eigenvalue weighted by Crippen LogP contribution is -2.66. The topological polar surface area (TPSA) is 307 Å². The van der Waals surface area contributed by atoms with E-state index in [1.807, 2.05) is 6.08 Å². The molecule has 3 heterocycles. The Kier molecular flexibility index (Phi) is 47.4. The van der Waals surface area contributed by atoms with Gasteiger partial charge >= 0.3 is 0 Å². The zero-order valence-electron chi connectivity index (χ0n) is 55.2. The first-order chi connectivity index (χ1) is 44.8. The first kappa shape index (κ1) is 82.2. The van der Waals surface area contributed by atoms with Gasteiger partial charge in [-0.1, -0.05) is 218 Å². The molecule has 0 bridgehead atoms. The molecular formula is C73H119NO18. The first-order valence-electron chi connectivity index (χ1n) is 34.4. The molecule has 17 atom stereocenters. The number of amides is 1. The van der Waals surface area contributed by atoms with Gasteiger partial charge in [-0.15, -0.1) is 0 Å². The van der Waals surface area contributed by atoms with Crippen LogP contribution in [0.2, 0.25) is 0 Å². The van der Waals surface area contributed by atoms with E-state index in [-0.39, 0.29) is 18.9 Å². The maximum Gasteiger partial charge on any atom is 0.220 e. The normalized spacial score (nSPS) is 28.6. The molecule has 19 nitrogen and oxygen atoms in total. The molecule has 0 aromatic rings. The van der Waals surface area contributed by atoms with Crippen LogP contribution in [0.15, 0.2) is 134 Å². The fourth-order valence-electron chi connectivity index (χ4n) is 10.6. The molecule has 3 fully saturated rings. The summed E-state index contributed by atoms with van der Waals surface area (Å²) in [6.07, 6.45) is 47.2. The van der Waals surface area contributed by atoms with Crippen LogP contribution in [-0.2, 0) is 33.2 Å². The molecule has 0 aromatic heterocycles. The predicted octanol–water partition coefficient (Wildman–Crippen LogP) is 8.99. The van der Waals surface area contributed by atoms with Crippen molar-refractivity contribution in [1.29, 1.82) is 0 Å². The molecular weight excluding hydrogens is 1180 g/mol. The van der Waals surface area contributed by atoms with Gasteiger partial charge in [-0.2, -0.15) is 0 Å². The highest BCUT2D eigenvalue weighted by Crippen LogP contribution is 2.33. The van der Waals surface area contributed by atoms with Crippen LogP contribution < -0.4 is 5.32 Å². The summed E-state index contributed by atoms with van der Waals surface area (Å²) in [5.41, 5.74) is 0. The van der Waals surface area contributed by atoms with Crippen LogP contribution >= 0.6 is 0 Å². The van der Waals surface area contributed by atoms with Gasteiger partial charge in [-0.25, -0.2) is 0 Å². The summed E-state index contributed by atoms with van der Waals surface area (Å²) in [5.74, 6) is -0.308. The lowest BCUT2D eigenvalue weighted by Gasteiger charge is -2.48. The predicted molar refractivity (Wildman–Crippen MR) is 359 cm³/mol. The number of rotatable bonds is 50. The minimum absolute atomic E-state index is 0.204. The molecule has 0 radical (unpaired) electrons. The average molecular weight is 1300 g/mol. The van der Waals surface area contributed by atoms with E-state index in [9.17, 15) is 61.0 Å². The molecule has 0 aliphatic carbocycles. The van der Waals surface area contributed by atoms with E-state index < -0.39 is 124 Å². The summed E-state index contributed by atoms with van der Waals surface area (Å²) in [6, 6.07) is -0.996. The second-order valence-electron chi connectivity index (χ2n) is 23.9. The van der Waals surface area contributed by atoms with E-state index in [1.165, 1.54) is 44.9 Å². The van der Waals surface area contributed by atoms with Gasteiger partial charge in [0.15, 0.2) is 18.9 Å². The quantitative estimate of drug-likeness (QED) is 0.0200. The lowest BCUT2D eigenvalue weighted by molar-refractivity contribution is -0.379. The van der Waals surface area contributed by atoms with Crippen LogP contribution in [-0.4, -0.2) is 193 Å². The fourth-order valence-corrected chi connectivity index (χ4v) is 10.6. The molecule has 17 unspecified atom stereocenters. The van der Waals surface area contributed by atoms with E-state index in [0.29, 0.717) is 6.42 Å². The number of allylic oxidation sites excluding steroid dienone is 21. The Bertz CT molecular complexity index is 2190. The van der Waals surface area contributed by atoms with Crippen molar-refractivity contribution in [3.8, 4) is 0 Å². The van der Waals surface area contributed by atoms with Crippen molar-refractivity contribution in [1.82, 2.24) is 5.32 Å². The van der Waals surface area contributed by atoms with Gasteiger partial charge < -0.3 is 89.9 Å². The van der Waals surface area contributed by atoms with Crippen LogP contribution in [0.25, 0.3) is 0 Å². The fraction of sp³-hybridized carbons (Fsp3) is 0.685. The maximum atomic E-state index is 13.4. The second-order valence-corrected chi connectivity index (χ2v) is 23.9. The zero-order chi connectivity index (χ0) is 66.8. The highest BCUT2D eigenvalue weighted by Gasteiger charge is 2.53. The summed E-state index contributed by atoms with van der Waals surface area (Å²) >= 11 is 0. The minimum atomic E-state index is -1.99. The van der Waals surface area contributed by atoms with E-state index in [2.05, 4.69) is 141 Å². The summed E-state index contributed by atoms with van der Waals surface area (Å²) < 4.78 is 34.3. The van der Waals surface area contributed by atoms with Gasteiger partial charge in [0.05, 0.1) is 38.6 Å². The molecule has 0 spiro atoms. The van der Waals surface area contributed by atoms with Crippen molar-refractivity contribution < 1.29 is 89.4 Å². The molecule has 1 amide bonds. The zero-order valence-corrected chi connectivity index (χ0v) is 55.2. The number of carbonyl (C=O) groups is 1. The number of aliphatic hydroxyl groups excluding tert-OH is 11. The average Bonchev–Trinajstić information content (AvgIpc) is 0.830. The standard InChI is InChI=1S/C73H119NO18/c1-3-5-7-9-11-13-15-17-18-19-20-21-22-23-24-25-26-27-28-29-30-31-32-33-34-35-36-37-38-39-41-43-45-47-49-51-61(79)74-56(57(78)50-48-46-44-42-40-16-14-12-10-8-6-4-2)55-87-71-67(85)64(82)69(59(53-76)89-71)92-73-68(86)65(83)70(60(54-77)90-73)91-72-66(84)63(81)62(80)58(52-75)88-72/h5,7,11,13,17-18,20-21,23-24,26-27,29-30,32-33,35-36,38-39,48,50,56-60,62-73,75-78,80-86H,3-4,6,8-10,12,14-16,19,22,25,28,31,34,37,40-47,49,51-55H2,1-2H3,(H,74,79)/b7-5-,13-11-,18-17-,21-20-,24-23-,27-26-,30-29-,33-32-,36-35-,39-38-,50-48+. The molecule has 0 saturated carbocycles. The van der Waals surface area contributed by atoms with Gasteiger partial charge in [0, 0.05) is 6.42 Å². The van der Waals surface area contributed by atoms with Crippen molar-refractivity contribution in [3.05, 3.63) is 134 Å². The van der Waals surface area contributed by atoms with Crippen molar-refractivity contribution in [2.24, 2.45) is 0 Å². The number of hydrogen-bond acceptors (Lipinski definition) is 18. The van der Waals surface area contributed by atoms with Crippen molar-refractivity contribution in [2.45, 2.75) is 291 Å². The Morgan fingerprint density at radius 2 is 0.750 bits per heavy atom. The van der Waals surface area contributed by atoms with Crippen molar-refractivity contribution in [3.63, 3.8) is 0 Å². The first-order valence-corrected chi connectivity index (χ1v) is 34.4. The Balaban J connectivity index is 1.39. The molecule has 92 heavy (non-hydrogen) atoms. The molecule has 3 rings (SSSR count). The van der Waals surface area contributed by atoms with Gasteiger partial charge in [0.2, 0.25) is 5.91 Å².